The van der Waals surface area contributed by atoms with Gasteiger partial charge < -0.3 is 14.2 Å². The van der Waals surface area contributed by atoms with Crippen molar-refractivity contribution in [1.82, 2.24) is 0 Å². The summed E-state index contributed by atoms with van der Waals surface area (Å²) in [6.45, 7) is 6.65. The Balaban J connectivity index is 2.54. The van der Waals surface area contributed by atoms with E-state index in [1.54, 1.807) is 0 Å². The van der Waals surface area contributed by atoms with Crippen LogP contribution in [-0.4, -0.2) is 19.0 Å². The SMILES string of the molecule is COc1c(C(C)C)c(OC(C)=O)c2cccc(-c3ccccc3)c2c1OC(C)=O. The van der Waals surface area contributed by atoms with Gasteiger partial charge in [-0.1, -0.05) is 62.4 Å². The highest BCUT2D eigenvalue weighted by atomic mass is 16.6. The molecule has 0 atom stereocenters. The monoisotopic (exact) mass is 392 g/mol. The Morgan fingerprint density at radius 2 is 1.41 bits per heavy atom. The van der Waals surface area contributed by atoms with Crippen molar-refractivity contribution in [2.24, 2.45) is 0 Å². The largest absolute Gasteiger partial charge is 0.492 e. The molecule has 0 aliphatic rings. The summed E-state index contributed by atoms with van der Waals surface area (Å²) >= 11 is 0. The van der Waals surface area contributed by atoms with E-state index in [9.17, 15) is 9.59 Å². The molecule has 0 aliphatic carbocycles. The summed E-state index contributed by atoms with van der Waals surface area (Å²) in [6.07, 6.45) is 0. The van der Waals surface area contributed by atoms with Gasteiger partial charge in [0.1, 0.15) is 5.75 Å². The molecule has 0 unspecified atom stereocenters. The first kappa shape index (κ1) is 20.4. The van der Waals surface area contributed by atoms with Crippen molar-refractivity contribution >= 4 is 22.7 Å². The standard InChI is InChI=1S/C24H24O5/c1-14(2)20-22(28-15(3)25)19-13-9-12-18(17-10-7-6-8-11-17)21(19)24(23(20)27-5)29-16(4)26/h6-14H,1-5H3. The zero-order valence-corrected chi connectivity index (χ0v) is 17.2. The average molecular weight is 392 g/mol. The highest BCUT2D eigenvalue weighted by molar-refractivity contribution is 6.08. The summed E-state index contributed by atoms with van der Waals surface area (Å²) < 4.78 is 17.0. The number of fused-ring (bicyclic) bond motifs is 1. The Morgan fingerprint density at radius 3 is 1.97 bits per heavy atom. The van der Waals surface area contributed by atoms with Gasteiger partial charge in [-0.05, 0) is 17.0 Å². The van der Waals surface area contributed by atoms with Crippen molar-refractivity contribution in [3.63, 3.8) is 0 Å². The molecule has 0 fully saturated rings. The minimum absolute atomic E-state index is 0.0432. The summed E-state index contributed by atoms with van der Waals surface area (Å²) in [5, 5.41) is 1.34. The van der Waals surface area contributed by atoms with Gasteiger partial charge in [0, 0.05) is 30.2 Å². The van der Waals surface area contributed by atoms with Crippen molar-refractivity contribution in [3.05, 3.63) is 54.1 Å². The molecule has 5 heteroatoms. The molecule has 0 saturated heterocycles. The van der Waals surface area contributed by atoms with Crippen LogP contribution in [-0.2, 0) is 9.59 Å². The molecular formula is C24H24O5. The van der Waals surface area contributed by atoms with Crippen LogP contribution in [0.15, 0.2) is 48.5 Å². The van der Waals surface area contributed by atoms with Crippen LogP contribution >= 0.6 is 0 Å². The van der Waals surface area contributed by atoms with Crippen LogP contribution in [0.25, 0.3) is 21.9 Å². The number of carbonyl (C=O) groups excluding carboxylic acids is 2. The van der Waals surface area contributed by atoms with Crippen molar-refractivity contribution in [1.29, 1.82) is 0 Å². The maximum Gasteiger partial charge on any atom is 0.308 e. The third kappa shape index (κ3) is 3.94. The van der Waals surface area contributed by atoms with Gasteiger partial charge >= 0.3 is 11.9 Å². The van der Waals surface area contributed by atoms with Crippen molar-refractivity contribution in [3.8, 4) is 28.4 Å². The van der Waals surface area contributed by atoms with Gasteiger partial charge in [0.25, 0.3) is 0 Å². The Hall–Kier alpha value is -3.34. The number of esters is 2. The predicted octanol–water partition coefficient (Wildman–Crippen LogP) is 5.49. The van der Waals surface area contributed by atoms with E-state index in [2.05, 4.69) is 0 Å². The Morgan fingerprint density at radius 1 is 0.793 bits per heavy atom. The van der Waals surface area contributed by atoms with Crippen LogP contribution in [0, 0.1) is 0 Å². The number of methoxy groups -OCH3 is 1. The van der Waals surface area contributed by atoms with Crippen LogP contribution < -0.4 is 14.2 Å². The summed E-state index contributed by atoms with van der Waals surface area (Å²) in [4.78, 5) is 23.9. The van der Waals surface area contributed by atoms with Crippen molar-refractivity contribution in [2.75, 3.05) is 7.11 Å². The first-order chi connectivity index (χ1) is 13.8. The first-order valence-electron chi connectivity index (χ1n) is 9.44. The molecule has 0 N–H and O–H groups in total. The molecular weight excluding hydrogens is 368 g/mol. The fourth-order valence-corrected chi connectivity index (χ4v) is 3.55. The number of rotatable bonds is 5. The zero-order valence-electron chi connectivity index (χ0n) is 17.2. The highest BCUT2D eigenvalue weighted by Crippen LogP contribution is 2.51. The maximum atomic E-state index is 12.0. The lowest BCUT2D eigenvalue weighted by molar-refractivity contribution is -0.133. The fourth-order valence-electron chi connectivity index (χ4n) is 3.55. The number of ether oxygens (including phenoxy) is 3. The Bertz CT molecular complexity index is 1070. The molecule has 0 spiro atoms. The molecule has 29 heavy (non-hydrogen) atoms. The van der Waals surface area contributed by atoms with Gasteiger partial charge in [-0.25, -0.2) is 0 Å². The summed E-state index contributed by atoms with van der Waals surface area (Å²) in [5.74, 6) is 0.214. The Kier molecular flexibility index (Phi) is 5.87. The third-order valence-electron chi connectivity index (χ3n) is 4.59. The highest BCUT2D eigenvalue weighted by Gasteiger charge is 2.28. The van der Waals surface area contributed by atoms with E-state index in [4.69, 9.17) is 14.2 Å². The first-order valence-corrected chi connectivity index (χ1v) is 9.44. The second kappa shape index (κ2) is 8.35. The molecule has 0 heterocycles. The number of carbonyl (C=O) groups is 2. The minimum Gasteiger partial charge on any atom is -0.492 e. The zero-order chi connectivity index (χ0) is 21.1. The van der Waals surface area contributed by atoms with Gasteiger partial charge in [0.2, 0.25) is 0 Å². The topological polar surface area (TPSA) is 61.8 Å². The van der Waals surface area contributed by atoms with Gasteiger partial charge in [0.05, 0.1) is 7.11 Å². The lowest BCUT2D eigenvalue weighted by atomic mass is 9.91. The second-order valence-corrected chi connectivity index (χ2v) is 7.04. The average Bonchev–Trinajstić information content (AvgIpc) is 2.68. The molecule has 3 aromatic carbocycles. The number of hydrogen-bond acceptors (Lipinski definition) is 5. The molecule has 0 aliphatic heterocycles. The molecule has 0 radical (unpaired) electrons. The molecule has 5 nitrogen and oxygen atoms in total. The number of hydrogen-bond donors (Lipinski definition) is 0. The third-order valence-corrected chi connectivity index (χ3v) is 4.59. The summed E-state index contributed by atoms with van der Waals surface area (Å²) in [5.41, 5.74) is 2.47. The number of benzene rings is 3. The van der Waals surface area contributed by atoms with E-state index in [0.29, 0.717) is 33.6 Å². The second-order valence-electron chi connectivity index (χ2n) is 7.04. The van der Waals surface area contributed by atoms with E-state index < -0.39 is 11.9 Å². The van der Waals surface area contributed by atoms with E-state index >= 15 is 0 Å². The smallest absolute Gasteiger partial charge is 0.308 e. The van der Waals surface area contributed by atoms with E-state index in [1.807, 2.05) is 62.4 Å². The molecule has 0 amide bonds. The summed E-state index contributed by atoms with van der Waals surface area (Å²) in [7, 11) is 1.52. The van der Waals surface area contributed by atoms with Gasteiger partial charge in [-0.3, -0.25) is 9.59 Å². The fraction of sp³-hybridized carbons (Fsp3) is 0.250. The summed E-state index contributed by atoms with van der Waals surface area (Å²) in [6, 6.07) is 15.4. The lowest BCUT2D eigenvalue weighted by Crippen LogP contribution is -2.10. The van der Waals surface area contributed by atoms with E-state index in [0.717, 1.165) is 11.1 Å². The Labute approximate surface area is 170 Å². The normalized spacial score (nSPS) is 10.8. The maximum absolute atomic E-state index is 12.0. The molecule has 0 aromatic heterocycles. The quantitative estimate of drug-likeness (QED) is 0.424. The lowest BCUT2D eigenvalue weighted by Gasteiger charge is -2.23. The molecule has 3 aromatic rings. The molecule has 150 valence electrons. The van der Waals surface area contributed by atoms with Gasteiger partial charge in [-0.2, -0.15) is 0 Å². The molecule has 0 saturated carbocycles. The van der Waals surface area contributed by atoms with E-state index in [1.165, 1.54) is 21.0 Å². The predicted molar refractivity (Wildman–Crippen MR) is 113 cm³/mol. The van der Waals surface area contributed by atoms with E-state index in [-0.39, 0.29) is 5.92 Å². The van der Waals surface area contributed by atoms with Crippen LogP contribution in [0.3, 0.4) is 0 Å². The van der Waals surface area contributed by atoms with Crippen LogP contribution in [0.5, 0.6) is 17.2 Å². The van der Waals surface area contributed by atoms with Crippen molar-refractivity contribution in [2.45, 2.75) is 33.6 Å². The van der Waals surface area contributed by atoms with Gasteiger partial charge in [0.15, 0.2) is 11.5 Å². The van der Waals surface area contributed by atoms with Gasteiger partial charge in [-0.15, -0.1) is 0 Å². The molecule has 0 bridgehead atoms. The van der Waals surface area contributed by atoms with Crippen molar-refractivity contribution < 1.29 is 23.8 Å². The van der Waals surface area contributed by atoms with Crippen LogP contribution in [0.2, 0.25) is 0 Å². The van der Waals surface area contributed by atoms with Crippen LogP contribution in [0.4, 0.5) is 0 Å². The van der Waals surface area contributed by atoms with Crippen LogP contribution in [0.1, 0.15) is 39.2 Å². The molecule has 3 rings (SSSR count). The minimum atomic E-state index is -0.456.